The zero-order valence-electron chi connectivity index (χ0n) is 10.0. The molecule has 1 aliphatic rings. The summed E-state index contributed by atoms with van der Waals surface area (Å²) in [5.41, 5.74) is 0.325. The Labute approximate surface area is 110 Å². The number of fused-ring (bicyclic) bond motifs is 1. The first-order valence-corrected chi connectivity index (χ1v) is 6.24. The van der Waals surface area contributed by atoms with Crippen LogP contribution in [-0.4, -0.2) is 19.5 Å². The van der Waals surface area contributed by atoms with Crippen LogP contribution in [0.3, 0.4) is 0 Å². The van der Waals surface area contributed by atoms with Crippen LogP contribution in [0.15, 0.2) is 6.07 Å². The molecule has 18 heavy (non-hydrogen) atoms. The second kappa shape index (κ2) is 5.57. The van der Waals surface area contributed by atoms with E-state index in [2.05, 4.69) is 0 Å². The molecule has 1 aromatic rings. The Morgan fingerprint density at radius 2 is 2.22 bits per heavy atom. The SMILES string of the molecule is CC(CC=O)c1c(F)c(Cl)cc2c1OCCCO2. The highest BCUT2D eigenvalue weighted by Crippen LogP contribution is 2.42. The predicted octanol–water partition coefficient (Wildman–Crippen LogP) is 3.33. The molecule has 2 rings (SSSR count). The molecule has 1 aromatic carbocycles. The number of halogens is 2. The lowest BCUT2D eigenvalue weighted by Gasteiger charge is -2.18. The Morgan fingerprint density at radius 3 is 2.94 bits per heavy atom. The molecule has 0 spiro atoms. The van der Waals surface area contributed by atoms with Crippen LogP contribution >= 0.6 is 11.6 Å². The van der Waals surface area contributed by atoms with Gasteiger partial charge in [0, 0.05) is 24.5 Å². The Morgan fingerprint density at radius 1 is 1.50 bits per heavy atom. The normalized spacial score (nSPS) is 15.9. The first-order chi connectivity index (χ1) is 8.65. The second-order valence-electron chi connectivity index (χ2n) is 4.27. The first kappa shape index (κ1) is 13.1. The van der Waals surface area contributed by atoms with Gasteiger partial charge in [0.15, 0.2) is 11.5 Å². The van der Waals surface area contributed by atoms with Crippen LogP contribution in [0.4, 0.5) is 4.39 Å². The van der Waals surface area contributed by atoms with E-state index in [1.807, 2.05) is 0 Å². The van der Waals surface area contributed by atoms with Crippen molar-refractivity contribution < 1.29 is 18.7 Å². The Bertz CT molecular complexity index is 462. The van der Waals surface area contributed by atoms with E-state index >= 15 is 0 Å². The van der Waals surface area contributed by atoms with E-state index in [1.165, 1.54) is 6.07 Å². The van der Waals surface area contributed by atoms with Crippen LogP contribution in [-0.2, 0) is 4.79 Å². The third kappa shape index (κ3) is 2.43. The molecule has 0 saturated heterocycles. The lowest BCUT2D eigenvalue weighted by atomic mass is 9.96. The van der Waals surface area contributed by atoms with Crippen molar-refractivity contribution in [2.75, 3.05) is 13.2 Å². The van der Waals surface area contributed by atoms with Crippen molar-refractivity contribution >= 4 is 17.9 Å². The van der Waals surface area contributed by atoms with E-state index in [0.29, 0.717) is 30.3 Å². The zero-order chi connectivity index (χ0) is 13.1. The minimum atomic E-state index is -0.532. The monoisotopic (exact) mass is 272 g/mol. The third-order valence-corrected chi connectivity index (χ3v) is 3.18. The summed E-state index contributed by atoms with van der Waals surface area (Å²) >= 11 is 5.85. The van der Waals surface area contributed by atoms with E-state index in [-0.39, 0.29) is 17.4 Å². The summed E-state index contributed by atoms with van der Waals surface area (Å²) < 4.78 is 25.1. The standard InChI is InChI=1S/C13H14ClFO3/c1-8(3-4-16)11-12(15)9(14)7-10-13(11)18-6-2-5-17-10/h4,7-8H,2-3,5-6H2,1H3. The molecule has 1 heterocycles. The summed E-state index contributed by atoms with van der Waals surface area (Å²) in [7, 11) is 0. The third-order valence-electron chi connectivity index (χ3n) is 2.91. The summed E-state index contributed by atoms with van der Waals surface area (Å²) in [6.45, 7) is 2.74. The maximum atomic E-state index is 14.1. The van der Waals surface area contributed by atoms with Gasteiger partial charge in [0.1, 0.15) is 12.1 Å². The van der Waals surface area contributed by atoms with Crippen molar-refractivity contribution in [2.24, 2.45) is 0 Å². The summed E-state index contributed by atoms with van der Waals surface area (Å²) in [6, 6.07) is 1.43. The van der Waals surface area contributed by atoms with Gasteiger partial charge in [-0.1, -0.05) is 18.5 Å². The number of hydrogen-bond donors (Lipinski definition) is 0. The Hall–Kier alpha value is -1.29. The van der Waals surface area contributed by atoms with E-state index in [9.17, 15) is 9.18 Å². The number of ether oxygens (including phenoxy) is 2. The molecule has 1 unspecified atom stereocenters. The summed E-state index contributed by atoms with van der Waals surface area (Å²) in [5, 5.41) is -0.00741. The Kier molecular flexibility index (Phi) is 4.07. The fourth-order valence-corrected chi connectivity index (χ4v) is 2.18. The number of aldehydes is 1. The molecule has 0 aromatic heterocycles. The van der Waals surface area contributed by atoms with E-state index in [1.54, 1.807) is 6.92 Å². The average Bonchev–Trinajstić information content (AvgIpc) is 2.56. The maximum absolute atomic E-state index is 14.1. The van der Waals surface area contributed by atoms with Crippen molar-refractivity contribution in [3.8, 4) is 11.5 Å². The molecule has 3 nitrogen and oxygen atoms in total. The van der Waals surface area contributed by atoms with Crippen molar-refractivity contribution in [2.45, 2.75) is 25.7 Å². The van der Waals surface area contributed by atoms with Crippen LogP contribution < -0.4 is 9.47 Å². The quantitative estimate of drug-likeness (QED) is 0.792. The smallest absolute Gasteiger partial charge is 0.167 e. The number of benzene rings is 1. The van der Waals surface area contributed by atoms with Gasteiger partial charge >= 0.3 is 0 Å². The summed E-state index contributed by atoms with van der Waals surface area (Å²) in [4.78, 5) is 10.6. The molecule has 0 radical (unpaired) electrons. The fourth-order valence-electron chi connectivity index (χ4n) is 1.98. The molecule has 0 amide bonds. The minimum absolute atomic E-state index is 0.00741. The van der Waals surface area contributed by atoms with E-state index in [0.717, 1.165) is 12.7 Å². The minimum Gasteiger partial charge on any atom is -0.489 e. The molecule has 0 fully saturated rings. The lowest BCUT2D eigenvalue weighted by Crippen LogP contribution is -2.05. The molecular weight excluding hydrogens is 259 g/mol. The first-order valence-electron chi connectivity index (χ1n) is 5.86. The highest BCUT2D eigenvalue weighted by Gasteiger charge is 2.25. The fraction of sp³-hybridized carbons (Fsp3) is 0.462. The highest BCUT2D eigenvalue weighted by molar-refractivity contribution is 6.31. The van der Waals surface area contributed by atoms with Crippen molar-refractivity contribution in [3.05, 3.63) is 22.5 Å². The number of carbonyl (C=O) groups excluding carboxylic acids is 1. The van der Waals surface area contributed by atoms with Crippen LogP contribution in [0.25, 0.3) is 0 Å². The van der Waals surface area contributed by atoms with Gasteiger partial charge in [-0.15, -0.1) is 0 Å². The molecule has 0 saturated carbocycles. The molecule has 1 aliphatic heterocycles. The van der Waals surface area contributed by atoms with Gasteiger partial charge in [-0.05, 0) is 5.92 Å². The summed E-state index contributed by atoms with van der Waals surface area (Å²) in [5.74, 6) is 0.00214. The van der Waals surface area contributed by atoms with Gasteiger partial charge in [-0.25, -0.2) is 4.39 Å². The molecule has 0 N–H and O–H groups in total. The van der Waals surface area contributed by atoms with Crippen LogP contribution in [0, 0.1) is 5.82 Å². The molecule has 5 heteroatoms. The second-order valence-corrected chi connectivity index (χ2v) is 4.67. The largest absolute Gasteiger partial charge is 0.489 e. The number of carbonyl (C=O) groups is 1. The van der Waals surface area contributed by atoms with Crippen molar-refractivity contribution in [1.29, 1.82) is 0 Å². The average molecular weight is 273 g/mol. The number of hydrogen-bond acceptors (Lipinski definition) is 3. The number of rotatable bonds is 3. The van der Waals surface area contributed by atoms with Gasteiger partial charge in [0.2, 0.25) is 0 Å². The zero-order valence-corrected chi connectivity index (χ0v) is 10.8. The van der Waals surface area contributed by atoms with Gasteiger partial charge in [0.25, 0.3) is 0 Å². The summed E-state index contributed by atoms with van der Waals surface area (Å²) in [6.07, 6.45) is 1.71. The van der Waals surface area contributed by atoms with Crippen molar-refractivity contribution in [3.63, 3.8) is 0 Å². The Balaban J connectivity index is 2.53. The van der Waals surface area contributed by atoms with E-state index < -0.39 is 5.82 Å². The van der Waals surface area contributed by atoms with Gasteiger partial charge in [-0.2, -0.15) is 0 Å². The van der Waals surface area contributed by atoms with Crippen molar-refractivity contribution in [1.82, 2.24) is 0 Å². The molecule has 98 valence electrons. The topological polar surface area (TPSA) is 35.5 Å². The van der Waals surface area contributed by atoms with E-state index in [4.69, 9.17) is 21.1 Å². The predicted molar refractivity (Wildman–Crippen MR) is 66.1 cm³/mol. The van der Waals surface area contributed by atoms with Crippen LogP contribution in [0.2, 0.25) is 5.02 Å². The van der Waals surface area contributed by atoms with Gasteiger partial charge < -0.3 is 14.3 Å². The lowest BCUT2D eigenvalue weighted by molar-refractivity contribution is -0.108. The molecule has 0 bridgehead atoms. The highest BCUT2D eigenvalue weighted by atomic mass is 35.5. The van der Waals surface area contributed by atoms with Gasteiger partial charge in [0.05, 0.1) is 18.2 Å². The molecule has 1 atom stereocenters. The van der Waals surface area contributed by atoms with Crippen LogP contribution in [0.1, 0.15) is 31.2 Å². The molecular formula is C13H14ClFO3. The maximum Gasteiger partial charge on any atom is 0.167 e. The molecule has 0 aliphatic carbocycles. The van der Waals surface area contributed by atoms with Gasteiger partial charge in [-0.3, -0.25) is 0 Å². The van der Waals surface area contributed by atoms with Crippen LogP contribution in [0.5, 0.6) is 11.5 Å².